The number of carbonyl (C=O) groups excluding carboxylic acids is 2. The Morgan fingerprint density at radius 3 is 2.46 bits per heavy atom. The fourth-order valence-electron chi connectivity index (χ4n) is 3.28. The molecule has 12 heteroatoms. The Balaban J connectivity index is 1.68. The lowest BCUT2D eigenvalue weighted by Gasteiger charge is -2.12. The number of halogens is 2. The highest BCUT2D eigenvalue weighted by molar-refractivity contribution is 6.42. The van der Waals surface area contributed by atoms with Gasteiger partial charge in [-0.3, -0.25) is 14.3 Å². The first kappa shape index (κ1) is 24.1. The second kappa shape index (κ2) is 9.69. The molecule has 0 aliphatic rings. The van der Waals surface area contributed by atoms with E-state index < -0.39 is 5.78 Å². The summed E-state index contributed by atoms with van der Waals surface area (Å²) in [7, 11) is 4.54. The van der Waals surface area contributed by atoms with Crippen LogP contribution in [0.4, 0.5) is 17.3 Å². The molecule has 0 bridgehead atoms. The van der Waals surface area contributed by atoms with Crippen molar-refractivity contribution in [1.82, 2.24) is 14.8 Å². The summed E-state index contributed by atoms with van der Waals surface area (Å²) in [6.07, 6.45) is 2.78. The first-order chi connectivity index (χ1) is 16.7. The Hall–Kier alpha value is -4.02. The van der Waals surface area contributed by atoms with Gasteiger partial charge in [0.2, 0.25) is 17.4 Å². The highest BCUT2D eigenvalue weighted by Crippen LogP contribution is 2.41. The van der Waals surface area contributed by atoms with E-state index in [-0.39, 0.29) is 44.5 Å². The van der Waals surface area contributed by atoms with Crippen molar-refractivity contribution >= 4 is 63.3 Å². The van der Waals surface area contributed by atoms with Gasteiger partial charge in [0.05, 0.1) is 36.0 Å². The zero-order valence-corrected chi connectivity index (χ0v) is 20.3. The van der Waals surface area contributed by atoms with E-state index in [1.165, 1.54) is 31.0 Å². The van der Waals surface area contributed by atoms with E-state index in [1.807, 2.05) is 0 Å². The summed E-state index contributed by atoms with van der Waals surface area (Å²) >= 11 is 12.7. The van der Waals surface area contributed by atoms with Gasteiger partial charge >= 0.3 is 0 Å². The van der Waals surface area contributed by atoms with E-state index in [2.05, 4.69) is 27.3 Å². The molecule has 0 radical (unpaired) electrons. The fraction of sp³-hybridized carbons (Fsp3) is 0.130. The Morgan fingerprint density at radius 2 is 1.83 bits per heavy atom. The predicted molar refractivity (Wildman–Crippen MR) is 132 cm³/mol. The van der Waals surface area contributed by atoms with Crippen molar-refractivity contribution in [2.24, 2.45) is 7.05 Å². The third-order valence-electron chi connectivity index (χ3n) is 4.93. The third-order valence-corrected chi connectivity index (χ3v) is 5.68. The maximum atomic E-state index is 13.3. The Bertz CT molecular complexity index is 1450. The number of hydrogen-bond donors (Lipinski definition) is 2. The number of anilines is 3. The van der Waals surface area contributed by atoms with Crippen LogP contribution in [0.5, 0.6) is 11.5 Å². The Labute approximate surface area is 209 Å². The molecule has 35 heavy (non-hydrogen) atoms. The molecule has 0 spiro atoms. The lowest BCUT2D eigenvalue weighted by atomic mass is 10.1. The minimum Gasteiger partial charge on any atom is -0.495 e. The minimum absolute atomic E-state index is 0.0157. The average Bonchev–Trinajstić information content (AvgIpc) is 3.41. The Morgan fingerprint density at radius 1 is 1.14 bits per heavy atom. The number of amides is 1. The largest absolute Gasteiger partial charge is 0.495 e. The summed E-state index contributed by atoms with van der Waals surface area (Å²) in [6.45, 7) is 3.44. The molecular weight excluding hydrogens is 497 g/mol. The number of furan rings is 1. The van der Waals surface area contributed by atoms with E-state index in [9.17, 15) is 9.59 Å². The molecule has 1 amide bonds. The van der Waals surface area contributed by atoms with Gasteiger partial charge in [-0.25, -0.2) is 0 Å². The molecule has 0 unspecified atom stereocenters. The smallest absolute Gasteiger partial charge is 0.247 e. The normalized spacial score (nSPS) is 10.8. The number of ether oxygens (including phenoxy) is 2. The SMILES string of the molecule is C=CC(=O)Nc1cn(C)nc1Nc1ccc2cc(C(=O)c3c(Cl)c(OC)cc(OC)c3Cl)oc2n1. The van der Waals surface area contributed by atoms with Gasteiger partial charge in [0.1, 0.15) is 23.0 Å². The second-order valence-electron chi connectivity index (χ2n) is 7.20. The van der Waals surface area contributed by atoms with Crippen LogP contribution in [0, 0.1) is 0 Å². The molecule has 180 valence electrons. The van der Waals surface area contributed by atoms with Crippen molar-refractivity contribution in [3.8, 4) is 11.5 Å². The Kier molecular flexibility index (Phi) is 6.68. The van der Waals surface area contributed by atoms with Crippen molar-refractivity contribution < 1.29 is 23.5 Å². The third kappa shape index (κ3) is 4.66. The molecule has 4 aromatic rings. The van der Waals surface area contributed by atoms with E-state index in [0.29, 0.717) is 22.7 Å². The predicted octanol–water partition coefficient (Wildman–Crippen LogP) is 4.98. The number of rotatable bonds is 8. The fourth-order valence-corrected chi connectivity index (χ4v) is 3.96. The van der Waals surface area contributed by atoms with Gasteiger partial charge in [-0.05, 0) is 24.3 Å². The van der Waals surface area contributed by atoms with Gasteiger partial charge in [-0.1, -0.05) is 29.8 Å². The van der Waals surface area contributed by atoms with Crippen LogP contribution in [0.25, 0.3) is 11.1 Å². The number of benzene rings is 1. The lowest BCUT2D eigenvalue weighted by molar-refractivity contribution is -0.111. The second-order valence-corrected chi connectivity index (χ2v) is 7.95. The topological polar surface area (TPSA) is 121 Å². The molecule has 2 N–H and O–H groups in total. The van der Waals surface area contributed by atoms with Crippen molar-refractivity contribution in [3.63, 3.8) is 0 Å². The van der Waals surface area contributed by atoms with Crippen LogP contribution in [0.1, 0.15) is 16.1 Å². The molecule has 4 rings (SSSR count). The van der Waals surface area contributed by atoms with Crippen LogP contribution < -0.4 is 20.1 Å². The summed E-state index contributed by atoms with van der Waals surface area (Å²) in [5.41, 5.74) is 0.608. The first-order valence-corrected chi connectivity index (χ1v) is 10.8. The van der Waals surface area contributed by atoms with Crippen molar-refractivity contribution in [2.45, 2.75) is 0 Å². The van der Waals surface area contributed by atoms with Crippen molar-refractivity contribution in [2.75, 3.05) is 24.9 Å². The van der Waals surface area contributed by atoms with Gasteiger partial charge in [0.25, 0.3) is 0 Å². The zero-order chi connectivity index (χ0) is 25.3. The number of nitrogens with one attached hydrogen (secondary N) is 2. The molecule has 0 aliphatic carbocycles. The molecule has 1 aromatic carbocycles. The van der Waals surface area contributed by atoms with Crippen LogP contribution in [0.15, 0.2) is 47.5 Å². The number of carbonyl (C=O) groups is 2. The average molecular weight is 516 g/mol. The number of aryl methyl sites for hydroxylation is 1. The van der Waals surface area contributed by atoms with Crippen molar-refractivity contribution in [1.29, 1.82) is 0 Å². The maximum Gasteiger partial charge on any atom is 0.247 e. The van der Waals surface area contributed by atoms with Crippen LogP contribution in [-0.4, -0.2) is 40.7 Å². The highest BCUT2D eigenvalue weighted by Gasteiger charge is 2.26. The van der Waals surface area contributed by atoms with Crippen LogP contribution >= 0.6 is 23.2 Å². The van der Waals surface area contributed by atoms with Gasteiger partial charge in [0, 0.05) is 18.5 Å². The molecule has 0 aliphatic heterocycles. The summed E-state index contributed by atoms with van der Waals surface area (Å²) in [5, 5.41) is 10.6. The number of pyridine rings is 1. The number of nitrogens with zero attached hydrogens (tertiary/aromatic N) is 3. The molecule has 0 saturated heterocycles. The summed E-state index contributed by atoms with van der Waals surface area (Å²) in [4.78, 5) is 29.4. The van der Waals surface area contributed by atoms with E-state index in [4.69, 9.17) is 37.1 Å². The standard InChI is InChI=1S/C23H19Cl2N5O5/c1-5-17(31)26-12-10-30(2)29-22(12)27-16-7-6-11-8-15(35-23(11)28-16)21(32)18-19(24)13(33-3)9-14(34-4)20(18)25/h5-10H,1H2,2-4H3,(H,26,31)(H,27,28,29). The zero-order valence-electron chi connectivity index (χ0n) is 18.8. The first-order valence-electron chi connectivity index (χ1n) is 10.0. The monoisotopic (exact) mass is 515 g/mol. The van der Waals surface area contributed by atoms with Crippen LogP contribution in [-0.2, 0) is 11.8 Å². The van der Waals surface area contributed by atoms with Gasteiger partial charge in [-0.15, -0.1) is 0 Å². The van der Waals surface area contributed by atoms with Crippen molar-refractivity contribution in [3.05, 3.63) is 64.5 Å². The highest BCUT2D eigenvalue weighted by atomic mass is 35.5. The number of hydrogen-bond acceptors (Lipinski definition) is 8. The molecule has 3 heterocycles. The molecule has 0 saturated carbocycles. The van der Waals surface area contributed by atoms with E-state index in [0.717, 1.165) is 6.08 Å². The summed E-state index contributed by atoms with van der Waals surface area (Å²) in [6, 6.07) is 6.41. The number of aromatic nitrogens is 3. The molecule has 3 aromatic heterocycles. The molecule has 0 fully saturated rings. The molecule has 0 atom stereocenters. The summed E-state index contributed by atoms with van der Waals surface area (Å²) < 4.78 is 17.7. The number of ketones is 1. The van der Waals surface area contributed by atoms with Gasteiger partial charge in [0.15, 0.2) is 11.6 Å². The number of methoxy groups -OCH3 is 2. The van der Waals surface area contributed by atoms with Gasteiger partial charge in [-0.2, -0.15) is 10.1 Å². The van der Waals surface area contributed by atoms with Crippen LogP contribution in [0.3, 0.4) is 0 Å². The maximum absolute atomic E-state index is 13.3. The van der Waals surface area contributed by atoms with Crippen LogP contribution in [0.2, 0.25) is 10.0 Å². The van der Waals surface area contributed by atoms with E-state index in [1.54, 1.807) is 25.4 Å². The summed E-state index contributed by atoms with van der Waals surface area (Å²) in [5.74, 6) is 0.213. The number of fused-ring (bicyclic) bond motifs is 1. The van der Waals surface area contributed by atoms with E-state index >= 15 is 0 Å². The van der Waals surface area contributed by atoms with Gasteiger partial charge < -0.3 is 24.5 Å². The lowest BCUT2D eigenvalue weighted by Crippen LogP contribution is -2.08. The minimum atomic E-state index is -0.566. The quantitative estimate of drug-likeness (QED) is 0.249. The molecule has 10 nitrogen and oxygen atoms in total. The molecular formula is C23H19Cl2N5O5.